The van der Waals surface area contributed by atoms with Crippen LogP contribution in [0, 0.1) is 5.92 Å². The molecule has 0 heterocycles. The Morgan fingerprint density at radius 3 is 2.36 bits per heavy atom. The maximum absolute atomic E-state index is 11.1. The molecule has 1 atom stereocenters. The fraction of sp³-hybridized carbons (Fsp3) is 0.909. The van der Waals surface area contributed by atoms with Gasteiger partial charge in [0.05, 0.1) is 5.92 Å². The first-order valence-corrected chi connectivity index (χ1v) is 5.61. The molecular weight excluding hydrogens is 180 g/mol. The maximum atomic E-state index is 11.1. The fourth-order valence-corrected chi connectivity index (χ4v) is 1.62. The van der Waals surface area contributed by atoms with E-state index in [-0.39, 0.29) is 5.92 Å². The van der Waals surface area contributed by atoms with Crippen LogP contribution in [0.4, 0.5) is 0 Å². The number of carbonyl (C=O) groups is 1. The Morgan fingerprint density at radius 1 is 1.14 bits per heavy atom. The second kappa shape index (κ2) is 9.00. The smallest absolute Gasteiger partial charge is 0.301 e. The Hall–Kier alpha value is -0.570. The highest BCUT2D eigenvalue weighted by Gasteiger charge is 2.18. The van der Waals surface area contributed by atoms with Crippen LogP contribution in [0.15, 0.2) is 0 Å². The van der Waals surface area contributed by atoms with Crippen LogP contribution in [0.5, 0.6) is 0 Å². The summed E-state index contributed by atoms with van der Waals surface area (Å²) < 4.78 is 0. The Kier molecular flexibility index (Phi) is 8.64. The molecule has 3 heteroatoms. The van der Waals surface area contributed by atoms with Crippen LogP contribution in [0.25, 0.3) is 0 Å². The second-order valence-corrected chi connectivity index (χ2v) is 3.75. The van der Waals surface area contributed by atoms with Gasteiger partial charge in [0.15, 0.2) is 0 Å². The van der Waals surface area contributed by atoms with Crippen molar-refractivity contribution in [1.29, 1.82) is 0 Å². The monoisotopic (exact) mass is 202 g/mol. The third kappa shape index (κ3) is 5.97. The van der Waals surface area contributed by atoms with Crippen molar-refractivity contribution < 1.29 is 14.9 Å². The highest BCUT2D eigenvalue weighted by atomic mass is 17.1. The van der Waals surface area contributed by atoms with E-state index in [2.05, 4.69) is 11.8 Å². The molecule has 0 saturated heterocycles. The Bertz CT molecular complexity index is 145. The lowest BCUT2D eigenvalue weighted by atomic mass is 9.96. The first-order valence-electron chi connectivity index (χ1n) is 5.61. The highest BCUT2D eigenvalue weighted by molar-refractivity contribution is 5.71. The summed E-state index contributed by atoms with van der Waals surface area (Å²) in [6, 6.07) is 0. The number of rotatable bonds is 8. The third-order valence-corrected chi connectivity index (χ3v) is 2.47. The van der Waals surface area contributed by atoms with Gasteiger partial charge in [0, 0.05) is 0 Å². The van der Waals surface area contributed by atoms with Crippen molar-refractivity contribution in [3.63, 3.8) is 0 Å². The summed E-state index contributed by atoms with van der Waals surface area (Å²) >= 11 is 0. The standard InChI is InChI=1S/C11H22O3/c1-3-5-6-7-9-10(8-4-2)11(12)14-13/h10,13H,3-9H2,1-2H3. The molecule has 0 fully saturated rings. The van der Waals surface area contributed by atoms with E-state index in [1.807, 2.05) is 6.92 Å². The largest absolute Gasteiger partial charge is 0.345 e. The number of hydrogen-bond donors (Lipinski definition) is 1. The first-order chi connectivity index (χ1) is 6.76. The van der Waals surface area contributed by atoms with Crippen molar-refractivity contribution in [2.75, 3.05) is 0 Å². The normalized spacial score (nSPS) is 12.5. The highest BCUT2D eigenvalue weighted by Crippen LogP contribution is 2.17. The van der Waals surface area contributed by atoms with Gasteiger partial charge in [-0.05, 0) is 12.8 Å². The van der Waals surface area contributed by atoms with Crippen molar-refractivity contribution in [1.82, 2.24) is 0 Å². The van der Waals surface area contributed by atoms with Gasteiger partial charge in [-0.2, -0.15) is 5.26 Å². The van der Waals surface area contributed by atoms with E-state index in [4.69, 9.17) is 5.26 Å². The number of carbonyl (C=O) groups excluding carboxylic acids is 1. The van der Waals surface area contributed by atoms with Gasteiger partial charge in [0.25, 0.3) is 0 Å². The molecule has 0 aromatic rings. The second-order valence-electron chi connectivity index (χ2n) is 3.75. The van der Waals surface area contributed by atoms with E-state index in [1.165, 1.54) is 12.8 Å². The molecule has 1 unspecified atom stereocenters. The predicted molar refractivity (Wildman–Crippen MR) is 55.9 cm³/mol. The van der Waals surface area contributed by atoms with Gasteiger partial charge in [-0.3, -0.25) is 0 Å². The minimum atomic E-state index is -0.469. The van der Waals surface area contributed by atoms with E-state index >= 15 is 0 Å². The Labute approximate surface area is 86.4 Å². The molecule has 0 rings (SSSR count). The molecule has 0 aliphatic rings. The van der Waals surface area contributed by atoms with Gasteiger partial charge >= 0.3 is 5.97 Å². The summed E-state index contributed by atoms with van der Waals surface area (Å²) in [5, 5.41) is 8.28. The lowest BCUT2D eigenvalue weighted by Gasteiger charge is -2.11. The summed E-state index contributed by atoms with van der Waals surface area (Å²) in [7, 11) is 0. The van der Waals surface area contributed by atoms with Gasteiger partial charge in [0.1, 0.15) is 0 Å². The zero-order valence-corrected chi connectivity index (χ0v) is 9.29. The molecular formula is C11H22O3. The molecule has 0 radical (unpaired) electrons. The first kappa shape index (κ1) is 13.4. The maximum Gasteiger partial charge on any atom is 0.345 e. The third-order valence-electron chi connectivity index (χ3n) is 2.47. The van der Waals surface area contributed by atoms with Crippen molar-refractivity contribution >= 4 is 5.97 Å². The summed E-state index contributed by atoms with van der Waals surface area (Å²) in [6.07, 6.45) is 7.23. The topological polar surface area (TPSA) is 46.5 Å². The summed E-state index contributed by atoms with van der Waals surface area (Å²) in [4.78, 5) is 14.9. The van der Waals surface area contributed by atoms with E-state index < -0.39 is 5.97 Å². The van der Waals surface area contributed by atoms with Crippen LogP contribution in [-0.4, -0.2) is 11.2 Å². The van der Waals surface area contributed by atoms with Crippen LogP contribution in [0.1, 0.15) is 58.8 Å². The van der Waals surface area contributed by atoms with Crippen LogP contribution in [0.2, 0.25) is 0 Å². The fourth-order valence-electron chi connectivity index (χ4n) is 1.62. The van der Waals surface area contributed by atoms with E-state index in [0.717, 1.165) is 32.1 Å². The lowest BCUT2D eigenvalue weighted by Crippen LogP contribution is -2.16. The molecule has 0 amide bonds. The average Bonchev–Trinajstić information content (AvgIpc) is 2.21. The van der Waals surface area contributed by atoms with Gasteiger partial charge < -0.3 is 4.89 Å². The van der Waals surface area contributed by atoms with Gasteiger partial charge in [-0.25, -0.2) is 4.79 Å². The van der Waals surface area contributed by atoms with Crippen LogP contribution >= 0.6 is 0 Å². The molecule has 3 nitrogen and oxygen atoms in total. The van der Waals surface area contributed by atoms with Crippen molar-refractivity contribution in [3.8, 4) is 0 Å². The van der Waals surface area contributed by atoms with Crippen molar-refractivity contribution in [2.45, 2.75) is 58.8 Å². The Balaban J connectivity index is 3.67. The zero-order valence-electron chi connectivity index (χ0n) is 9.29. The van der Waals surface area contributed by atoms with Crippen molar-refractivity contribution in [2.24, 2.45) is 5.92 Å². The molecule has 0 saturated carbocycles. The molecule has 1 N–H and O–H groups in total. The minimum Gasteiger partial charge on any atom is -0.301 e. The summed E-state index contributed by atoms with van der Waals surface area (Å²) in [6.45, 7) is 4.19. The molecule has 0 aromatic heterocycles. The summed E-state index contributed by atoms with van der Waals surface area (Å²) in [5.74, 6) is -0.579. The Morgan fingerprint density at radius 2 is 1.86 bits per heavy atom. The van der Waals surface area contributed by atoms with Crippen LogP contribution in [-0.2, 0) is 9.68 Å². The van der Waals surface area contributed by atoms with Gasteiger partial charge in [0.2, 0.25) is 0 Å². The summed E-state index contributed by atoms with van der Waals surface area (Å²) in [5.41, 5.74) is 0. The lowest BCUT2D eigenvalue weighted by molar-refractivity contribution is -0.239. The van der Waals surface area contributed by atoms with Crippen LogP contribution in [0.3, 0.4) is 0 Å². The molecule has 0 aliphatic heterocycles. The molecule has 84 valence electrons. The van der Waals surface area contributed by atoms with E-state index in [0.29, 0.717) is 0 Å². The number of hydrogen-bond acceptors (Lipinski definition) is 3. The molecule has 0 spiro atoms. The molecule has 0 aliphatic carbocycles. The van der Waals surface area contributed by atoms with Crippen LogP contribution < -0.4 is 0 Å². The minimum absolute atomic E-state index is 0.109. The zero-order chi connectivity index (χ0) is 10.8. The van der Waals surface area contributed by atoms with Gasteiger partial charge in [-0.1, -0.05) is 46.0 Å². The molecule has 0 aromatic carbocycles. The quantitative estimate of drug-likeness (QED) is 0.373. The SMILES string of the molecule is CCCCCCC(CCC)C(=O)OO. The number of unbranched alkanes of at least 4 members (excludes halogenated alkanes) is 3. The molecule has 14 heavy (non-hydrogen) atoms. The molecule has 0 bridgehead atoms. The predicted octanol–water partition coefficient (Wildman–Crippen LogP) is 3.39. The average molecular weight is 202 g/mol. The van der Waals surface area contributed by atoms with Gasteiger partial charge in [-0.15, -0.1) is 0 Å². The van der Waals surface area contributed by atoms with Crippen molar-refractivity contribution in [3.05, 3.63) is 0 Å². The van der Waals surface area contributed by atoms with E-state index in [9.17, 15) is 4.79 Å². The van der Waals surface area contributed by atoms with E-state index in [1.54, 1.807) is 0 Å².